The van der Waals surface area contributed by atoms with Crippen LogP contribution in [-0.4, -0.2) is 10.9 Å². The minimum atomic E-state index is -0.413. The fraction of sp³-hybridized carbons (Fsp3) is 0.294. The third-order valence-electron chi connectivity index (χ3n) is 3.03. The molecule has 0 spiro atoms. The molecule has 0 aromatic heterocycles. The number of hydrogen-bond donors (Lipinski definition) is 1. The van der Waals surface area contributed by atoms with E-state index in [-0.39, 0.29) is 0 Å². The summed E-state index contributed by atoms with van der Waals surface area (Å²) in [5, 5.41) is 10.3. The van der Waals surface area contributed by atoms with Crippen LogP contribution in [0.4, 0.5) is 0 Å². The molecule has 2 heteroatoms. The lowest BCUT2D eigenvalue weighted by atomic mass is 10.0. The Kier molecular flexibility index (Phi) is 4.67. The Morgan fingerprint density at radius 2 is 1.63 bits per heavy atom. The SMILES string of the molecule is Cc1cccc(SCC(O)c2cc(C)cc(C)c2)c1. The maximum atomic E-state index is 10.3. The van der Waals surface area contributed by atoms with Crippen molar-refractivity contribution in [2.75, 3.05) is 5.75 Å². The highest BCUT2D eigenvalue weighted by Crippen LogP contribution is 2.26. The van der Waals surface area contributed by atoms with Crippen LogP contribution in [-0.2, 0) is 0 Å². The molecule has 19 heavy (non-hydrogen) atoms. The molecule has 0 aliphatic rings. The van der Waals surface area contributed by atoms with Gasteiger partial charge in [0.15, 0.2) is 0 Å². The Morgan fingerprint density at radius 3 is 2.26 bits per heavy atom. The monoisotopic (exact) mass is 272 g/mol. The van der Waals surface area contributed by atoms with Gasteiger partial charge in [0.05, 0.1) is 6.10 Å². The summed E-state index contributed by atoms with van der Waals surface area (Å²) in [5.74, 6) is 0.687. The smallest absolute Gasteiger partial charge is 0.0884 e. The molecule has 1 N–H and O–H groups in total. The van der Waals surface area contributed by atoms with Crippen LogP contribution in [0.5, 0.6) is 0 Å². The maximum absolute atomic E-state index is 10.3. The van der Waals surface area contributed by atoms with Crippen molar-refractivity contribution in [1.29, 1.82) is 0 Å². The number of aliphatic hydroxyl groups excluding tert-OH is 1. The second-order valence-electron chi connectivity index (χ2n) is 5.06. The second kappa shape index (κ2) is 6.27. The predicted octanol–water partition coefficient (Wildman–Crippen LogP) is 4.44. The fourth-order valence-corrected chi connectivity index (χ4v) is 3.17. The summed E-state index contributed by atoms with van der Waals surface area (Å²) in [6.45, 7) is 6.22. The Morgan fingerprint density at radius 1 is 0.947 bits per heavy atom. The number of thioether (sulfide) groups is 1. The quantitative estimate of drug-likeness (QED) is 0.830. The summed E-state index contributed by atoms with van der Waals surface area (Å²) in [4.78, 5) is 1.21. The van der Waals surface area contributed by atoms with E-state index in [4.69, 9.17) is 0 Å². The average molecular weight is 272 g/mol. The van der Waals surface area contributed by atoms with Crippen LogP contribution in [0.15, 0.2) is 47.4 Å². The van der Waals surface area contributed by atoms with Gasteiger partial charge in [0.25, 0.3) is 0 Å². The van der Waals surface area contributed by atoms with Crippen molar-refractivity contribution in [3.05, 3.63) is 64.7 Å². The first-order valence-electron chi connectivity index (χ1n) is 6.50. The van der Waals surface area contributed by atoms with Crippen molar-refractivity contribution in [3.8, 4) is 0 Å². The summed E-state index contributed by atoms with van der Waals surface area (Å²) < 4.78 is 0. The normalized spacial score (nSPS) is 12.4. The van der Waals surface area contributed by atoms with Gasteiger partial charge in [0, 0.05) is 10.6 Å². The number of aliphatic hydroxyl groups is 1. The van der Waals surface area contributed by atoms with E-state index < -0.39 is 6.10 Å². The van der Waals surface area contributed by atoms with Gasteiger partial charge in [-0.3, -0.25) is 0 Å². The van der Waals surface area contributed by atoms with E-state index in [1.165, 1.54) is 21.6 Å². The zero-order chi connectivity index (χ0) is 13.8. The molecule has 2 aromatic rings. The average Bonchev–Trinajstić information content (AvgIpc) is 2.35. The minimum Gasteiger partial charge on any atom is -0.388 e. The molecule has 0 aliphatic carbocycles. The molecule has 2 aromatic carbocycles. The number of aryl methyl sites for hydroxylation is 3. The maximum Gasteiger partial charge on any atom is 0.0884 e. The molecule has 0 amide bonds. The summed E-state index contributed by atoms with van der Waals surface area (Å²) in [6.07, 6.45) is -0.413. The highest BCUT2D eigenvalue weighted by Gasteiger charge is 2.09. The van der Waals surface area contributed by atoms with Crippen molar-refractivity contribution in [1.82, 2.24) is 0 Å². The van der Waals surface area contributed by atoms with Crippen molar-refractivity contribution < 1.29 is 5.11 Å². The molecule has 1 unspecified atom stereocenters. The van der Waals surface area contributed by atoms with Gasteiger partial charge in [-0.05, 0) is 38.5 Å². The molecule has 1 atom stereocenters. The standard InChI is InChI=1S/C17H20OS/c1-12-5-4-6-16(10-12)19-11-17(18)15-8-13(2)7-14(3)9-15/h4-10,17-18H,11H2,1-3H3. The van der Waals surface area contributed by atoms with Gasteiger partial charge in [-0.1, -0.05) is 47.0 Å². The van der Waals surface area contributed by atoms with Crippen LogP contribution in [0, 0.1) is 20.8 Å². The third-order valence-corrected chi connectivity index (χ3v) is 4.10. The predicted molar refractivity (Wildman–Crippen MR) is 82.8 cm³/mol. The van der Waals surface area contributed by atoms with E-state index in [9.17, 15) is 5.11 Å². The van der Waals surface area contributed by atoms with Crippen LogP contribution in [0.3, 0.4) is 0 Å². The van der Waals surface area contributed by atoms with E-state index in [1.54, 1.807) is 11.8 Å². The lowest BCUT2D eigenvalue weighted by molar-refractivity contribution is 0.204. The molecule has 100 valence electrons. The molecule has 0 fully saturated rings. The van der Waals surface area contributed by atoms with Crippen LogP contribution in [0.1, 0.15) is 28.4 Å². The van der Waals surface area contributed by atoms with Gasteiger partial charge in [0.1, 0.15) is 0 Å². The summed E-state index contributed by atoms with van der Waals surface area (Å²) in [6, 6.07) is 14.6. The summed E-state index contributed by atoms with van der Waals surface area (Å²) >= 11 is 1.70. The van der Waals surface area contributed by atoms with Crippen LogP contribution in [0.25, 0.3) is 0 Å². The highest BCUT2D eigenvalue weighted by atomic mass is 32.2. The molecular formula is C17H20OS. The molecule has 0 saturated carbocycles. The van der Waals surface area contributed by atoms with Gasteiger partial charge in [-0.25, -0.2) is 0 Å². The fourth-order valence-electron chi connectivity index (χ4n) is 2.18. The summed E-state index contributed by atoms with van der Waals surface area (Å²) in [5.41, 5.74) is 4.67. The van der Waals surface area contributed by atoms with E-state index in [0.29, 0.717) is 5.75 Å². The first kappa shape index (κ1) is 14.2. The lowest BCUT2D eigenvalue weighted by Gasteiger charge is -2.12. The zero-order valence-electron chi connectivity index (χ0n) is 11.7. The Labute approximate surface area is 119 Å². The first-order valence-corrected chi connectivity index (χ1v) is 7.49. The van der Waals surface area contributed by atoms with E-state index in [0.717, 1.165) is 5.56 Å². The highest BCUT2D eigenvalue weighted by molar-refractivity contribution is 7.99. The second-order valence-corrected chi connectivity index (χ2v) is 6.16. The Balaban J connectivity index is 2.03. The van der Waals surface area contributed by atoms with Crippen LogP contribution >= 0.6 is 11.8 Å². The Hall–Kier alpha value is -1.25. The largest absolute Gasteiger partial charge is 0.388 e. The van der Waals surface area contributed by atoms with Crippen molar-refractivity contribution in [2.45, 2.75) is 31.8 Å². The molecule has 0 saturated heterocycles. The zero-order valence-corrected chi connectivity index (χ0v) is 12.5. The summed E-state index contributed by atoms with van der Waals surface area (Å²) in [7, 11) is 0. The Bertz CT molecular complexity index is 543. The van der Waals surface area contributed by atoms with Gasteiger partial charge < -0.3 is 5.11 Å². The van der Waals surface area contributed by atoms with E-state index in [2.05, 4.69) is 63.2 Å². The molecule has 1 nitrogen and oxygen atoms in total. The van der Waals surface area contributed by atoms with E-state index in [1.807, 2.05) is 0 Å². The van der Waals surface area contributed by atoms with Crippen molar-refractivity contribution in [3.63, 3.8) is 0 Å². The van der Waals surface area contributed by atoms with E-state index >= 15 is 0 Å². The van der Waals surface area contributed by atoms with Crippen LogP contribution in [0.2, 0.25) is 0 Å². The van der Waals surface area contributed by atoms with Gasteiger partial charge in [0.2, 0.25) is 0 Å². The van der Waals surface area contributed by atoms with Gasteiger partial charge in [-0.2, -0.15) is 0 Å². The molecular weight excluding hydrogens is 252 g/mol. The van der Waals surface area contributed by atoms with Crippen molar-refractivity contribution >= 4 is 11.8 Å². The lowest BCUT2D eigenvalue weighted by Crippen LogP contribution is -2.01. The van der Waals surface area contributed by atoms with Crippen LogP contribution < -0.4 is 0 Å². The molecule has 0 aliphatic heterocycles. The molecule has 0 heterocycles. The topological polar surface area (TPSA) is 20.2 Å². The minimum absolute atomic E-state index is 0.413. The molecule has 0 bridgehead atoms. The van der Waals surface area contributed by atoms with Gasteiger partial charge in [-0.15, -0.1) is 11.8 Å². The first-order chi connectivity index (χ1) is 9.04. The van der Waals surface area contributed by atoms with Gasteiger partial charge >= 0.3 is 0 Å². The molecule has 0 radical (unpaired) electrons. The number of benzene rings is 2. The number of rotatable bonds is 4. The third kappa shape index (κ3) is 4.12. The number of hydrogen-bond acceptors (Lipinski definition) is 2. The van der Waals surface area contributed by atoms with Crippen molar-refractivity contribution in [2.24, 2.45) is 0 Å². The molecule has 2 rings (SSSR count).